The smallest absolute Gasteiger partial charge is 0.255 e. The van der Waals surface area contributed by atoms with Gasteiger partial charge in [0, 0.05) is 37.5 Å². The van der Waals surface area contributed by atoms with Gasteiger partial charge in [-0.05, 0) is 54.7 Å². The van der Waals surface area contributed by atoms with E-state index in [0.29, 0.717) is 23.5 Å². The fourth-order valence-electron chi connectivity index (χ4n) is 4.38. The van der Waals surface area contributed by atoms with Gasteiger partial charge in [-0.2, -0.15) is 5.10 Å². The number of hydrogen-bond donors (Lipinski definition) is 1. The van der Waals surface area contributed by atoms with Crippen molar-refractivity contribution >= 4 is 17.3 Å². The molecule has 39 heavy (non-hydrogen) atoms. The largest absolute Gasteiger partial charge is 0.492 e. The molecule has 0 aliphatic heterocycles. The van der Waals surface area contributed by atoms with Crippen LogP contribution in [-0.4, -0.2) is 51.4 Å². The molecule has 4 rings (SSSR count). The zero-order chi connectivity index (χ0) is 28.5. The van der Waals surface area contributed by atoms with Crippen molar-refractivity contribution in [1.82, 2.24) is 24.8 Å². The number of aryl methyl sites for hydroxylation is 2. The molecule has 4 aromatic rings. The van der Waals surface area contributed by atoms with Crippen LogP contribution in [-0.2, 0) is 12.5 Å². The summed E-state index contributed by atoms with van der Waals surface area (Å²) in [4.78, 5) is 15.6. The van der Waals surface area contributed by atoms with Gasteiger partial charge in [0.1, 0.15) is 5.69 Å². The van der Waals surface area contributed by atoms with E-state index in [0.717, 1.165) is 39.5 Å². The Balaban J connectivity index is 1.70. The summed E-state index contributed by atoms with van der Waals surface area (Å²) >= 11 is 0. The van der Waals surface area contributed by atoms with Gasteiger partial charge < -0.3 is 15.0 Å². The minimum absolute atomic E-state index is 0.135. The van der Waals surface area contributed by atoms with Gasteiger partial charge in [-0.25, -0.2) is 4.68 Å². The standard InChI is InChI=1S/C30H37N7O2/c1-10-13-35(7)27-16-22(30(4,5)6)15-24(28(27)39-9)32-29(38)21-12-11-19(2)26(14-21)37-18-25(33-34-37)23-17-31-36(8)20(23)3/h10-12,14-18H,1,13H2,2-9H3,(H,32,38). The number of benzene rings is 2. The Labute approximate surface area is 230 Å². The molecule has 9 heteroatoms. The Hall–Kier alpha value is -4.40. The molecule has 2 aromatic carbocycles. The lowest BCUT2D eigenvalue weighted by molar-refractivity contribution is 0.102. The number of nitrogens with zero attached hydrogens (tertiary/aromatic N) is 6. The number of carbonyl (C=O) groups is 1. The van der Waals surface area contributed by atoms with Crippen LogP contribution >= 0.6 is 0 Å². The lowest BCUT2D eigenvalue weighted by Gasteiger charge is -2.27. The predicted octanol–water partition coefficient (Wildman–Crippen LogP) is 5.47. The number of anilines is 2. The van der Waals surface area contributed by atoms with Crippen LogP contribution in [0.3, 0.4) is 0 Å². The fraction of sp³-hybridized carbons (Fsp3) is 0.333. The zero-order valence-corrected chi connectivity index (χ0v) is 24.0. The van der Waals surface area contributed by atoms with E-state index in [9.17, 15) is 4.79 Å². The molecule has 0 unspecified atom stereocenters. The summed E-state index contributed by atoms with van der Waals surface area (Å²) in [5, 5.41) is 16.1. The highest BCUT2D eigenvalue weighted by molar-refractivity contribution is 6.06. The number of amides is 1. The first kappa shape index (κ1) is 27.6. The molecule has 9 nitrogen and oxygen atoms in total. The molecule has 0 saturated heterocycles. The van der Waals surface area contributed by atoms with Gasteiger partial charge in [0.2, 0.25) is 0 Å². The molecule has 0 radical (unpaired) electrons. The molecule has 1 amide bonds. The molecule has 0 aliphatic carbocycles. The number of nitrogens with one attached hydrogen (secondary N) is 1. The van der Waals surface area contributed by atoms with Crippen molar-refractivity contribution in [3.8, 4) is 22.7 Å². The SMILES string of the molecule is C=CCN(C)c1cc(C(C)(C)C)cc(NC(=O)c2ccc(C)c(-n3cc(-c4cnn(C)c4C)nn3)c2)c1OC. The first-order chi connectivity index (χ1) is 18.4. The van der Waals surface area contributed by atoms with E-state index >= 15 is 0 Å². The summed E-state index contributed by atoms with van der Waals surface area (Å²) in [6.07, 6.45) is 5.46. The topological polar surface area (TPSA) is 90.1 Å². The molecule has 2 heterocycles. The Bertz CT molecular complexity index is 1520. The summed E-state index contributed by atoms with van der Waals surface area (Å²) in [7, 11) is 5.48. The number of aromatic nitrogens is 5. The number of methoxy groups -OCH3 is 1. The molecule has 1 N–H and O–H groups in total. The third-order valence-corrected chi connectivity index (χ3v) is 6.92. The fourth-order valence-corrected chi connectivity index (χ4v) is 4.38. The van der Waals surface area contributed by atoms with Gasteiger partial charge in [0.05, 0.1) is 36.6 Å². The van der Waals surface area contributed by atoms with Crippen molar-refractivity contribution in [2.45, 2.75) is 40.0 Å². The highest BCUT2D eigenvalue weighted by Crippen LogP contribution is 2.40. The normalized spacial score (nSPS) is 11.4. The molecule has 0 aliphatic rings. The maximum Gasteiger partial charge on any atom is 0.255 e. The van der Waals surface area contributed by atoms with Crippen molar-refractivity contribution in [2.75, 3.05) is 30.9 Å². The Morgan fingerprint density at radius 3 is 2.56 bits per heavy atom. The van der Waals surface area contributed by atoms with Gasteiger partial charge in [-0.15, -0.1) is 11.7 Å². The van der Waals surface area contributed by atoms with Crippen molar-refractivity contribution < 1.29 is 9.53 Å². The number of carbonyl (C=O) groups excluding carboxylic acids is 1. The van der Waals surface area contributed by atoms with Crippen molar-refractivity contribution in [3.05, 3.63) is 77.8 Å². The monoisotopic (exact) mass is 527 g/mol. The van der Waals surface area contributed by atoms with Crippen molar-refractivity contribution in [1.29, 1.82) is 0 Å². The summed E-state index contributed by atoms with van der Waals surface area (Å²) in [5.41, 5.74) is 7.29. The van der Waals surface area contributed by atoms with E-state index in [2.05, 4.69) is 54.1 Å². The third-order valence-electron chi connectivity index (χ3n) is 6.92. The highest BCUT2D eigenvalue weighted by atomic mass is 16.5. The number of rotatable bonds is 8. The maximum atomic E-state index is 13.6. The average Bonchev–Trinajstić information content (AvgIpc) is 3.50. The molecule has 0 fully saturated rings. The molecule has 204 valence electrons. The Kier molecular flexibility index (Phi) is 7.63. The van der Waals surface area contributed by atoms with Gasteiger partial charge >= 0.3 is 0 Å². The molecule has 0 bridgehead atoms. The number of likely N-dealkylation sites (N-methyl/N-ethyl adjacent to an activating group) is 1. The second-order valence-corrected chi connectivity index (χ2v) is 10.8. The maximum absolute atomic E-state index is 13.6. The molecular formula is C30H37N7O2. The summed E-state index contributed by atoms with van der Waals surface area (Å²) in [5.74, 6) is 0.349. The Morgan fingerprint density at radius 1 is 1.21 bits per heavy atom. The second-order valence-electron chi connectivity index (χ2n) is 10.8. The highest BCUT2D eigenvalue weighted by Gasteiger charge is 2.23. The minimum atomic E-state index is -0.249. The van der Waals surface area contributed by atoms with Crippen LogP contribution in [0.15, 0.2) is 55.4 Å². The van der Waals surface area contributed by atoms with Gasteiger partial charge in [-0.1, -0.05) is 38.1 Å². The van der Waals surface area contributed by atoms with E-state index in [1.165, 1.54) is 0 Å². The first-order valence-electron chi connectivity index (χ1n) is 12.8. The number of hydrogen-bond acceptors (Lipinski definition) is 6. The average molecular weight is 528 g/mol. The van der Waals surface area contributed by atoms with E-state index in [1.807, 2.05) is 69.4 Å². The van der Waals surface area contributed by atoms with Crippen LogP contribution in [0, 0.1) is 13.8 Å². The molecule has 0 saturated carbocycles. The van der Waals surface area contributed by atoms with Crippen molar-refractivity contribution in [2.24, 2.45) is 7.05 Å². The third kappa shape index (κ3) is 5.57. The Morgan fingerprint density at radius 2 is 1.95 bits per heavy atom. The molecule has 0 atom stereocenters. The van der Waals surface area contributed by atoms with Gasteiger partial charge in [-0.3, -0.25) is 9.48 Å². The van der Waals surface area contributed by atoms with Crippen LogP contribution in [0.25, 0.3) is 16.9 Å². The van der Waals surface area contributed by atoms with Gasteiger partial charge in [0.15, 0.2) is 5.75 Å². The summed E-state index contributed by atoms with van der Waals surface area (Å²) < 4.78 is 9.29. The molecular weight excluding hydrogens is 490 g/mol. The molecule has 2 aromatic heterocycles. The van der Waals surface area contributed by atoms with Crippen LogP contribution in [0.5, 0.6) is 5.75 Å². The lowest BCUT2D eigenvalue weighted by atomic mass is 9.86. The quantitative estimate of drug-likeness (QED) is 0.306. The van der Waals surface area contributed by atoms with E-state index in [1.54, 1.807) is 22.7 Å². The predicted molar refractivity (Wildman–Crippen MR) is 156 cm³/mol. The van der Waals surface area contributed by atoms with E-state index in [-0.39, 0.29) is 11.3 Å². The summed E-state index contributed by atoms with van der Waals surface area (Å²) in [6, 6.07) is 9.63. The molecule has 0 spiro atoms. The number of ether oxygens (including phenoxy) is 1. The first-order valence-corrected chi connectivity index (χ1v) is 12.8. The van der Waals surface area contributed by atoms with Crippen LogP contribution < -0.4 is 15.0 Å². The lowest BCUT2D eigenvalue weighted by Crippen LogP contribution is -2.21. The van der Waals surface area contributed by atoms with Crippen LogP contribution in [0.2, 0.25) is 0 Å². The zero-order valence-electron chi connectivity index (χ0n) is 24.0. The van der Waals surface area contributed by atoms with Gasteiger partial charge in [0.25, 0.3) is 5.91 Å². The van der Waals surface area contributed by atoms with Crippen LogP contribution in [0.4, 0.5) is 11.4 Å². The minimum Gasteiger partial charge on any atom is -0.492 e. The van der Waals surface area contributed by atoms with E-state index in [4.69, 9.17) is 4.74 Å². The van der Waals surface area contributed by atoms with Crippen molar-refractivity contribution in [3.63, 3.8) is 0 Å². The summed E-state index contributed by atoms with van der Waals surface area (Å²) in [6.45, 7) is 14.9. The second kappa shape index (κ2) is 10.8. The van der Waals surface area contributed by atoms with E-state index < -0.39 is 0 Å². The van der Waals surface area contributed by atoms with Crippen LogP contribution in [0.1, 0.15) is 48.0 Å².